The van der Waals surface area contributed by atoms with Crippen molar-refractivity contribution in [3.63, 3.8) is 0 Å². The van der Waals surface area contributed by atoms with Gasteiger partial charge in [0.2, 0.25) is 0 Å². The lowest BCUT2D eigenvalue weighted by atomic mass is 9.65. The third-order valence-corrected chi connectivity index (χ3v) is 3.86. The molecular weight excluding hydrogens is 146 g/mol. The molecule has 1 aliphatic carbocycles. The maximum Gasteiger partial charge on any atom is 0.0121 e. The Hall–Kier alpha value is -0.0400. The zero-order valence-electron chi connectivity index (χ0n) is 8.40. The van der Waals surface area contributed by atoms with E-state index in [1.165, 1.54) is 38.6 Å². The highest BCUT2D eigenvalue weighted by atomic mass is 15.0. The number of nitrogens with one attached hydrogen (secondary N) is 1. The number of hydrogen-bond donors (Lipinski definition) is 1. The summed E-state index contributed by atoms with van der Waals surface area (Å²) in [4.78, 5) is 0. The third kappa shape index (κ3) is 1.39. The van der Waals surface area contributed by atoms with E-state index in [-0.39, 0.29) is 0 Å². The molecule has 0 aromatic rings. The molecular formula is C11H21N. The molecule has 1 aliphatic heterocycles. The van der Waals surface area contributed by atoms with E-state index < -0.39 is 0 Å². The van der Waals surface area contributed by atoms with E-state index in [0.29, 0.717) is 5.41 Å². The van der Waals surface area contributed by atoms with Crippen LogP contribution in [0.25, 0.3) is 0 Å². The summed E-state index contributed by atoms with van der Waals surface area (Å²) < 4.78 is 0. The molecule has 2 fully saturated rings. The van der Waals surface area contributed by atoms with Crippen LogP contribution in [0.2, 0.25) is 0 Å². The smallest absolute Gasteiger partial charge is 0.0121 e. The second-order valence-electron chi connectivity index (χ2n) is 5.17. The van der Waals surface area contributed by atoms with Crippen LogP contribution in [-0.4, -0.2) is 12.6 Å². The molecule has 1 saturated carbocycles. The fraction of sp³-hybridized carbons (Fsp3) is 1.00. The van der Waals surface area contributed by atoms with Crippen LogP contribution in [0.15, 0.2) is 0 Å². The molecule has 0 aromatic carbocycles. The Morgan fingerprint density at radius 1 is 1.33 bits per heavy atom. The van der Waals surface area contributed by atoms with E-state index in [1.807, 2.05) is 0 Å². The number of rotatable bonds is 0. The fourth-order valence-corrected chi connectivity index (χ4v) is 3.20. The Kier molecular flexibility index (Phi) is 2.16. The summed E-state index contributed by atoms with van der Waals surface area (Å²) in [6.07, 6.45) is 7.23. The van der Waals surface area contributed by atoms with Gasteiger partial charge in [-0.2, -0.15) is 0 Å². The van der Waals surface area contributed by atoms with Crippen LogP contribution in [0.1, 0.15) is 46.0 Å². The Morgan fingerprint density at radius 3 is 3.00 bits per heavy atom. The zero-order chi connectivity index (χ0) is 8.60. The van der Waals surface area contributed by atoms with Crippen molar-refractivity contribution < 1.29 is 0 Å². The van der Waals surface area contributed by atoms with Crippen molar-refractivity contribution in [1.29, 1.82) is 0 Å². The predicted molar refractivity (Wildman–Crippen MR) is 52.1 cm³/mol. The maximum absolute atomic E-state index is 3.71. The lowest BCUT2D eigenvalue weighted by Gasteiger charge is -2.47. The minimum atomic E-state index is 0.635. The van der Waals surface area contributed by atoms with E-state index in [9.17, 15) is 0 Å². The summed E-state index contributed by atoms with van der Waals surface area (Å²) >= 11 is 0. The van der Waals surface area contributed by atoms with E-state index in [2.05, 4.69) is 19.2 Å². The molecule has 1 heteroatoms. The Bertz CT molecular complexity index is 166. The van der Waals surface area contributed by atoms with Crippen LogP contribution >= 0.6 is 0 Å². The van der Waals surface area contributed by atoms with Crippen molar-refractivity contribution in [2.75, 3.05) is 6.54 Å². The molecule has 0 spiro atoms. The first-order valence-electron chi connectivity index (χ1n) is 5.44. The minimum absolute atomic E-state index is 0.635. The van der Waals surface area contributed by atoms with Gasteiger partial charge < -0.3 is 5.32 Å². The predicted octanol–water partition coefficient (Wildman–Crippen LogP) is 2.56. The highest BCUT2D eigenvalue weighted by molar-refractivity contribution is 4.95. The highest BCUT2D eigenvalue weighted by Crippen LogP contribution is 2.43. The molecule has 2 rings (SSSR count). The normalized spacial score (nSPS) is 48.5. The van der Waals surface area contributed by atoms with Crippen molar-refractivity contribution in [1.82, 2.24) is 5.32 Å². The molecule has 0 radical (unpaired) electrons. The number of piperidine rings is 1. The van der Waals surface area contributed by atoms with E-state index in [1.54, 1.807) is 0 Å². The minimum Gasteiger partial charge on any atom is -0.313 e. The maximum atomic E-state index is 3.71. The number of hydrogen-bond acceptors (Lipinski definition) is 1. The van der Waals surface area contributed by atoms with Crippen molar-refractivity contribution in [3.8, 4) is 0 Å². The summed E-state index contributed by atoms with van der Waals surface area (Å²) in [6.45, 7) is 6.11. The average molecular weight is 167 g/mol. The Labute approximate surface area is 75.9 Å². The first-order valence-corrected chi connectivity index (χ1v) is 5.44. The fourth-order valence-electron chi connectivity index (χ4n) is 3.20. The quantitative estimate of drug-likeness (QED) is 0.584. The molecule has 3 atom stereocenters. The second-order valence-corrected chi connectivity index (χ2v) is 5.17. The third-order valence-electron chi connectivity index (χ3n) is 3.86. The summed E-state index contributed by atoms with van der Waals surface area (Å²) in [7, 11) is 0. The van der Waals surface area contributed by atoms with E-state index in [0.717, 1.165) is 12.0 Å². The van der Waals surface area contributed by atoms with Gasteiger partial charge in [0.25, 0.3) is 0 Å². The van der Waals surface area contributed by atoms with E-state index >= 15 is 0 Å². The van der Waals surface area contributed by atoms with Crippen LogP contribution < -0.4 is 5.32 Å². The summed E-state index contributed by atoms with van der Waals surface area (Å²) in [6, 6.07) is 0.836. The largest absolute Gasteiger partial charge is 0.313 e. The second kappa shape index (κ2) is 3.02. The summed E-state index contributed by atoms with van der Waals surface area (Å²) in [5.74, 6) is 0.893. The lowest BCUT2D eigenvalue weighted by molar-refractivity contribution is 0.0753. The van der Waals surface area contributed by atoms with Gasteiger partial charge in [0.15, 0.2) is 0 Å². The van der Waals surface area contributed by atoms with Crippen LogP contribution in [0.4, 0.5) is 0 Å². The highest BCUT2D eigenvalue weighted by Gasteiger charge is 2.39. The monoisotopic (exact) mass is 167 g/mol. The van der Waals surface area contributed by atoms with Crippen molar-refractivity contribution in [2.24, 2.45) is 11.3 Å². The zero-order valence-corrected chi connectivity index (χ0v) is 8.40. The van der Waals surface area contributed by atoms with Crippen molar-refractivity contribution in [2.45, 2.75) is 52.0 Å². The van der Waals surface area contributed by atoms with Crippen LogP contribution in [0, 0.1) is 11.3 Å². The molecule has 1 N–H and O–H groups in total. The Balaban J connectivity index is 2.07. The van der Waals surface area contributed by atoms with Gasteiger partial charge in [-0.1, -0.05) is 26.7 Å². The average Bonchev–Trinajstić information content (AvgIpc) is 2.02. The number of fused-ring (bicyclic) bond motifs is 1. The first-order chi connectivity index (χ1) is 5.71. The summed E-state index contributed by atoms with van der Waals surface area (Å²) in [5, 5.41) is 3.71. The standard InChI is InChI=1S/C11H21N/c1-9-7-11(2)6-4-3-5-10(11)12-8-9/h9-10,12H,3-8H2,1-2H3/t9-,10-,11-/m1/s1. The molecule has 0 bridgehead atoms. The van der Waals surface area contributed by atoms with Gasteiger partial charge >= 0.3 is 0 Å². The topological polar surface area (TPSA) is 12.0 Å². The van der Waals surface area contributed by atoms with Gasteiger partial charge in [0.05, 0.1) is 0 Å². The molecule has 0 amide bonds. The molecule has 1 heterocycles. The summed E-state index contributed by atoms with van der Waals surface area (Å²) in [5.41, 5.74) is 0.635. The SMILES string of the molecule is C[C@H]1CN[C@@H]2CCCC[C@]2(C)C1. The molecule has 1 nitrogen and oxygen atoms in total. The van der Waals surface area contributed by atoms with Gasteiger partial charge in [-0.25, -0.2) is 0 Å². The van der Waals surface area contributed by atoms with Crippen LogP contribution in [-0.2, 0) is 0 Å². The van der Waals surface area contributed by atoms with E-state index in [4.69, 9.17) is 0 Å². The van der Waals surface area contributed by atoms with Crippen LogP contribution in [0.3, 0.4) is 0 Å². The molecule has 0 unspecified atom stereocenters. The molecule has 1 saturated heterocycles. The van der Waals surface area contributed by atoms with Gasteiger partial charge in [0.1, 0.15) is 0 Å². The first kappa shape index (κ1) is 8.55. The van der Waals surface area contributed by atoms with Gasteiger partial charge in [-0.3, -0.25) is 0 Å². The van der Waals surface area contributed by atoms with Gasteiger partial charge in [-0.15, -0.1) is 0 Å². The molecule has 2 aliphatic rings. The van der Waals surface area contributed by atoms with Crippen LogP contribution in [0.5, 0.6) is 0 Å². The van der Waals surface area contributed by atoms with Gasteiger partial charge in [0, 0.05) is 6.04 Å². The lowest BCUT2D eigenvalue weighted by Crippen LogP contribution is -2.52. The molecule has 0 aromatic heterocycles. The molecule has 12 heavy (non-hydrogen) atoms. The Morgan fingerprint density at radius 2 is 2.17 bits per heavy atom. The van der Waals surface area contributed by atoms with Crippen molar-refractivity contribution in [3.05, 3.63) is 0 Å². The van der Waals surface area contributed by atoms with Gasteiger partial charge in [-0.05, 0) is 37.1 Å². The molecule has 70 valence electrons. The van der Waals surface area contributed by atoms with Crippen molar-refractivity contribution >= 4 is 0 Å².